The minimum atomic E-state index is -1.05. The number of hydrogen-bond acceptors (Lipinski definition) is 3. The van der Waals surface area contributed by atoms with Crippen molar-refractivity contribution in [1.82, 2.24) is 0 Å². The number of hydrogen-bond donors (Lipinski definition) is 2. The Hall–Kier alpha value is -1.20. The average molecular weight is 294 g/mol. The van der Waals surface area contributed by atoms with E-state index in [1.165, 1.54) is 12.8 Å². The van der Waals surface area contributed by atoms with Gasteiger partial charge in [0.05, 0.1) is 0 Å². The molecule has 0 spiro atoms. The van der Waals surface area contributed by atoms with E-state index in [1.807, 2.05) is 24.3 Å². The minimum absolute atomic E-state index is 0.0924. The predicted octanol–water partition coefficient (Wildman–Crippen LogP) is 2.02. The topological polar surface area (TPSA) is 72.2 Å². The van der Waals surface area contributed by atoms with Gasteiger partial charge in [-0.25, -0.2) is 0 Å². The first-order valence-corrected chi connectivity index (χ1v) is 8.60. The molecule has 1 aromatic rings. The van der Waals surface area contributed by atoms with E-state index >= 15 is 0 Å². The number of nitrogens with one attached hydrogen (secondary N) is 1. The molecule has 1 fully saturated rings. The maximum Gasteiger partial charge on any atom is 0.236 e. The Labute approximate surface area is 122 Å². The zero-order valence-electron chi connectivity index (χ0n) is 11.6. The third kappa shape index (κ3) is 4.72. The van der Waals surface area contributed by atoms with Crippen LogP contribution in [-0.4, -0.2) is 21.6 Å². The fourth-order valence-corrected chi connectivity index (χ4v) is 3.91. The van der Waals surface area contributed by atoms with E-state index < -0.39 is 10.8 Å². The summed E-state index contributed by atoms with van der Waals surface area (Å²) < 4.78 is 11.9. The van der Waals surface area contributed by atoms with Crippen LogP contribution in [0.1, 0.15) is 31.2 Å². The summed E-state index contributed by atoms with van der Waals surface area (Å²) in [5.41, 5.74) is 7.27. The van der Waals surface area contributed by atoms with Gasteiger partial charge < -0.3 is 11.1 Å². The quantitative estimate of drug-likeness (QED) is 0.843. The van der Waals surface area contributed by atoms with Crippen LogP contribution < -0.4 is 11.1 Å². The summed E-state index contributed by atoms with van der Waals surface area (Å²) in [6.07, 6.45) is 4.80. The molecule has 5 heteroatoms. The molecule has 1 aromatic carbocycles. The summed E-state index contributed by atoms with van der Waals surface area (Å²) in [4.78, 5) is 11.8. The first kappa shape index (κ1) is 15.2. The number of anilines is 1. The molecule has 4 nitrogen and oxygen atoms in total. The second kappa shape index (κ2) is 7.55. The summed E-state index contributed by atoms with van der Waals surface area (Å²) >= 11 is 0. The van der Waals surface area contributed by atoms with E-state index in [4.69, 9.17) is 5.73 Å². The molecule has 3 N–H and O–H groups in total. The van der Waals surface area contributed by atoms with Crippen molar-refractivity contribution in [2.75, 3.05) is 16.8 Å². The molecule has 0 aliphatic heterocycles. The number of benzene rings is 1. The van der Waals surface area contributed by atoms with Gasteiger partial charge in [-0.1, -0.05) is 25.0 Å². The standard InChI is InChI=1S/C15H22N2O2S/c16-9-12-5-7-14(8-6-12)17-15(18)11-20(19)10-13-3-1-2-4-13/h5-8,13H,1-4,9-11,16H2,(H,17,18). The molecule has 1 saturated carbocycles. The zero-order valence-corrected chi connectivity index (χ0v) is 12.5. The minimum Gasteiger partial charge on any atom is -0.326 e. The third-order valence-electron chi connectivity index (χ3n) is 3.66. The lowest BCUT2D eigenvalue weighted by atomic mass is 10.1. The van der Waals surface area contributed by atoms with Gasteiger partial charge in [0.15, 0.2) is 0 Å². The Morgan fingerprint density at radius 1 is 1.25 bits per heavy atom. The number of carbonyl (C=O) groups is 1. The predicted molar refractivity (Wildman–Crippen MR) is 82.8 cm³/mol. The Kier molecular flexibility index (Phi) is 5.73. The molecule has 1 amide bonds. The molecule has 0 aromatic heterocycles. The molecule has 0 saturated heterocycles. The van der Waals surface area contributed by atoms with Crippen molar-refractivity contribution in [2.45, 2.75) is 32.2 Å². The van der Waals surface area contributed by atoms with Gasteiger partial charge in [0.2, 0.25) is 5.91 Å². The molecule has 0 bridgehead atoms. The molecule has 1 atom stereocenters. The maximum absolute atomic E-state index is 11.9. The van der Waals surface area contributed by atoms with Gasteiger partial charge in [-0.3, -0.25) is 9.00 Å². The van der Waals surface area contributed by atoms with Crippen molar-refractivity contribution >= 4 is 22.4 Å². The lowest BCUT2D eigenvalue weighted by Gasteiger charge is -2.09. The van der Waals surface area contributed by atoms with E-state index in [-0.39, 0.29) is 11.7 Å². The normalized spacial score (nSPS) is 17.1. The van der Waals surface area contributed by atoms with Crippen LogP contribution in [0.3, 0.4) is 0 Å². The Balaban J connectivity index is 1.77. The first-order valence-electron chi connectivity index (χ1n) is 7.11. The fourth-order valence-electron chi connectivity index (χ4n) is 2.57. The zero-order chi connectivity index (χ0) is 14.4. The lowest BCUT2D eigenvalue weighted by Crippen LogP contribution is -2.22. The summed E-state index contributed by atoms with van der Waals surface area (Å²) in [6.45, 7) is 0.486. The van der Waals surface area contributed by atoms with Crippen molar-refractivity contribution in [1.29, 1.82) is 0 Å². The van der Waals surface area contributed by atoms with Crippen molar-refractivity contribution in [2.24, 2.45) is 11.7 Å². The lowest BCUT2D eigenvalue weighted by molar-refractivity contribution is -0.113. The van der Waals surface area contributed by atoms with E-state index in [9.17, 15) is 9.00 Å². The first-order chi connectivity index (χ1) is 9.67. The average Bonchev–Trinajstić information content (AvgIpc) is 2.92. The van der Waals surface area contributed by atoms with Gasteiger partial charge in [-0.05, 0) is 36.5 Å². The third-order valence-corrected chi connectivity index (χ3v) is 5.09. The van der Waals surface area contributed by atoms with Crippen LogP contribution in [-0.2, 0) is 22.1 Å². The Bertz CT molecular complexity index is 467. The number of rotatable bonds is 6. The van der Waals surface area contributed by atoms with Gasteiger partial charge in [0.25, 0.3) is 0 Å². The van der Waals surface area contributed by atoms with Crippen molar-refractivity contribution in [3.05, 3.63) is 29.8 Å². The molecular weight excluding hydrogens is 272 g/mol. The highest BCUT2D eigenvalue weighted by Crippen LogP contribution is 2.25. The summed E-state index contributed by atoms with van der Waals surface area (Å²) in [5.74, 6) is 1.13. The highest BCUT2D eigenvalue weighted by molar-refractivity contribution is 7.85. The molecule has 1 aliphatic rings. The number of nitrogens with two attached hydrogens (primary N) is 1. The Morgan fingerprint density at radius 2 is 1.90 bits per heavy atom. The highest BCUT2D eigenvalue weighted by Gasteiger charge is 2.19. The van der Waals surface area contributed by atoms with Gasteiger partial charge >= 0.3 is 0 Å². The van der Waals surface area contributed by atoms with Gasteiger partial charge in [0, 0.05) is 28.8 Å². The summed E-state index contributed by atoms with van der Waals surface area (Å²) in [5, 5.41) is 2.78. The molecular formula is C15H22N2O2S. The van der Waals surface area contributed by atoms with Crippen LogP contribution in [0, 0.1) is 5.92 Å². The molecule has 0 heterocycles. The van der Waals surface area contributed by atoms with E-state index in [0.29, 0.717) is 18.2 Å². The fraction of sp³-hybridized carbons (Fsp3) is 0.533. The number of amides is 1. The highest BCUT2D eigenvalue weighted by atomic mass is 32.2. The Morgan fingerprint density at radius 3 is 2.50 bits per heavy atom. The molecule has 20 heavy (non-hydrogen) atoms. The van der Waals surface area contributed by atoms with Crippen molar-refractivity contribution in [3.63, 3.8) is 0 Å². The molecule has 0 radical (unpaired) electrons. The van der Waals surface area contributed by atoms with Crippen molar-refractivity contribution < 1.29 is 9.00 Å². The molecule has 2 rings (SSSR count). The van der Waals surface area contributed by atoms with Gasteiger partial charge in [0.1, 0.15) is 5.75 Å². The van der Waals surface area contributed by atoms with Crippen LogP contribution in [0.25, 0.3) is 0 Å². The van der Waals surface area contributed by atoms with E-state index in [2.05, 4.69) is 5.32 Å². The molecule has 110 valence electrons. The largest absolute Gasteiger partial charge is 0.326 e. The maximum atomic E-state index is 11.9. The molecule has 1 unspecified atom stereocenters. The van der Waals surface area contributed by atoms with E-state index in [0.717, 1.165) is 24.1 Å². The van der Waals surface area contributed by atoms with Gasteiger partial charge in [-0.15, -0.1) is 0 Å². The second-order valence-corrected chi connectivity index (χ2v) is 6.85. The van der Waals surface area contributed by atoms with Crippen LogP contribution in [0.15, 0.2) is 24.3 Å². The SMILES string of the molecule is NCc1ccc(NC(=O)CS(=O)CC2CCCC2)cc1. The molecule has 1 aliphatic carbocycles. The van der Waals surface area contributed by atoms with Gasteiger partial charge in [-0.2, -0.15) is 0 Å². The monoisotopic (exact) mass is 294 g/mol. The van der Waals surface area contributed by atoms with Crippen LogP contribution in [0.2, 0.25) is 0 Å². The van der Waals surface area contributed by atoms with E-state index in [1.54, 1.807) is 0 Å². The summed E-state index contributed by atoms with van der Waals surface area (Å²) in [7, 11) is -1.05. The summed E-state index contributed by atoms with van der Waals surface area (Å²) in [6, 6.07) is 7.40. The van der Waals surface area contributed by atoms with Crippen LogP contribution >= 0.6 is 0 Å². The van der Waals surface area contributed by atoms with Crippen LogP contribution in [0.4, 0.5) is 5.69 Å². The second-order valence-electron chi connectivity index (χ2n) is 5.35. The van der Waals surface area contributed by atoms with Crippen molar-refractivity contribution in [3.8, 4) is 0 Å². The smallest absolute Gasteiger partial charge is 0.236 e. The van der Waals surface area contributed by atoms with Crippen LogP contribution in [0.5, 0.6) is 0 Å². The number of carbonyl (C=O) groups excluding carboxylic acids is 1.